The number of carbonyl (C=O) groups is 2. The van der Waals surface area contributed by atoms with Crippen molar-refractivity contribution in [2.24, 2.45) is 33.3 Å². The van der Waals surface area contributed by atoms with E-state index in [0.29, 0.717) is 0 Å². The molecule has 0 aromatic rings. The molecule has 1 aliphatic heterocycles. The molecule has 3 rings (SSSR count). The number of nitrogens with two attached hydrogens (primary N) is 1. The summed E-state index contributed by atoms with van der Waals surface area (Å²) in [6.45, 7) is 9.06. The monoisotopic (exact) mass is 310 g/mol. The molecule has 124 valence electrons. The molecule has 2 saturated carbocycles. The van der Waals surface area contributed by atoms with Crippen molar-refractivity contribution in [3.8, 4) is 0 Å². The number of alkyl halides is 1. The molecule has 1 amide bonds. The summed E-state index contributed by atoms with van der Waals surface area (Å²) in [5, 5.41) is 3.27. The van der Waals surface area contributed by atoms with Crippen molar-refractivity contribution in [1.82, 2.24) is 5.32 Å². The van der Waals surface area contributed by atoms with Gasteiger partial charge in [0.05, 0.1) is 5.41 Å². The van der Waals surface area contributed by atoms with Crippen LogP contribution in [0.5, 0.6) is 0 Å². The lowest BCUT2D eigenvalue weighted by atomic mass is 9.51. The highest BCUT2D eigenvalue weighted by atomic mass is 19.1. The number of primary amides is 1. The largest absolute Gasteiger partial charge is 0.369 e. The third-order valence-electron chi connectivity index (χ3n) is 7.93. The number of rotatable bonds is 2. The van der Waals surface area contributed by atoms with Gasteiger partial charge in [0.1, 0.15) is 11.6 Å². The molecule has 22 heavy (non-hydrogen) atoms. The second-order valence-electron chi connectivity index (χ2n) is 8.36. The maximum absolute atomic E-state index is 14.8. The molecule has 1 heterocycles. The molecule has 0 spiro atoms. The van der Waals surface area contributed by atoms with Gasteiger partial charge in [-0.1, -0.05) is 20.8 Å². The molecule has 0 aromatic heterocycles. The van der Waals surface area contributed by atoms with Crippen LogP contribution in [0.4, 0.5) is 4.39 Å². The lowest BCUT2D eigenvalue weighted by molar-refractivity contribution is -0.160. The Kier molecular flexibility index (Phi) is 3.12. The van der Waals surface area contributed by atoms with Crippen LogP contribution in [0.15, 0.2) is 0 Å². The van der Waals surface area contributed by atoms with Crippen molar-refractivity contribution in [3.63, 3.8) is 0 Å². The van der Waals surface area contributed by atoms with E-state index < -0.39 is 33.7 Å². The molecule has 1 saturated heterocycles. The summed E-state index contributed by atoms with van der Waals surface area (Å²) in [5.74, 6) is -0.876. The van der Waals surface area contributed by atoms with Crippen LogP contribution in [-0.2, 0) is 9.59 Å². The van der Waals surface area contributed by atoms with E-state index in [0.717, 1.165) is 25.9 Å². The predicted molar refractivity (Wildman–Crippen MR) is 81.7 cm³/mol. The Balaban J connectivity index is 2.24. The number of fused-ring (bicyclic) bond motifs is 2. The minimum Gasteiger partial charge on any atom is -0.369 e. The Morgan fingerprint density at radius 2 is 1.77 bits per heavy atom. The zero-order valence-corrected chi connectivity index (χ0v) is 14.0. The van der Waals surface area contributed by atoms with Crippen LogP contribution in [0.1, 0.15) is 47.0 Å². The smallest absolute Gasteiger partial charge is 0.232 e. The molecule has 3 aliphatic rings. The zero-order chi connectivity index (χ0) is 16.6. The van der Waals surface area contributed by atoms with Gasteiger partial charge in [0, 0.05) is 0 Å². The maximum atomic E-state index is 14.8. The molecule has 4 unspecified atom stereocenters. The van der Waals surface area contributed by atoms with Crippen molar-refractivity contribution in [2.45, 2.75) is 53.1 Å². The van der Waals surface area contributed by atoms with Gasteiger partial charge < -0.3 is 11.1 Å². The van der Waals surface area contributed by atoms with Gasteiger partial charge >= 0.3 is 0 Å². The average Bonchev–Trinajstić information content (AvgIpc) is 2.65. The fourth-order valence-electron chi connectivity index (χ4n) is 6.00. The second-order valence-corrected chi connectivity index (χ2v) is 8.36. The summed E-state index contributed by atoms with van der Waals surface area (Å²) in [4.78, 5) is 26.0. The van der Waals surface area contributed by atoms with Gasteiger partial charge in [-0.2, -0.15) is 0 Å². The normalized spacial score (nSPS) is 47.9. The minimum atomic E-state index is -1.23. The molecule has 3 N–H and O–H groups in total. The Morgan fingerprint density at radius 1 is 1.23 bits per heavy atom. The molecule has 4 atom stereocenters. The molecule has 0 aromatic carbocycles. The second kappa shape index (κ2) is 4.31. The molecular weight excluding hydrogens is 283 g/mol. The molecule has 4 nitrogen and oxygen atoms in total. The van der Waals surface area contributed by atoms with E-state index in [1.807, 2.05) is 20.8 Å². The summed E-state index contributed by atoms with van der Waals surface area (Å²) in [7, 11) is 0. The van der Waals surface area contributed by atoms with Crippen molar-refractivity contribution < 1.29 is 14.0 Å². The van der Waals surface area contributed by atoms with Crippen LogP contribution in [0.2, 0.25) is 0 Å². The number of amides is 1. The summed E-state index contributed by atoms with van der Waals surface area (Å²) in [6, 6.07) is 0. The summed E-state index contributed by atoms with van der Waals surface area (Å²) >= 11 is 0. The van der Waals surface area contributed by atoms with Gasteiger partial charge in [-0.15, -0.1) is 0 Å². The third kappa shape index (κ3) is 1.30. The number of hydrogen-bond acceptors (Lipinski definition) is 3. The van der Waals surface area contributed by atoms with Gasteiger partial charge in [-0.25, -0.2) is 4.39 Å². The highest BCUT2D eigenvalue weighted by Gasteiger charge is 2.85. The fourth-order valence-corrected chi connectivity index (χ4v) is 6.00. The number of ketones is 1. The van der Waals surface area contributed by atoms with Crippen LogP contribution in [0.3, 0.4) is 0 Å². The standard InChI is InChI=1S/C17H27FN2O2/c1-14(2)15(3)9-11(18)16(14,4)12(21)17(15,13(19)22)10-5-7-20-8-6-10/h10-11,20H,5-9H2,1-4H3,(H2,19,22). The minimum absolute atomic E-state index is 0.0858. The highest BCUT2D eigenvalue weighted by molar-refractivity contribution is 6.12. The first-order valence-corrected chi connectivity index (χ1v) is 8.28. The Hall–Kier alpha value is -0.970. The van der Waals surface area contributed by atoms with Crippen LogP contribution >= 0.6 is 0 Å². The Labute approximate surface area is 131 Å². The van der Waals surface area contributed by atoms with Crippen LogP contribution in [-0.4, -0.2) is 31.0 Å². The third-order valence-corrected chi connectivity index (χ3v) is 7.93. The molecular formula is C17H27FN2O2. The van der Waals surface area contributed by atoms with Crippen molar-refractivity contribution in [1.29, 1.82) is 0 Å². The van der Waals surface area contributed by atoms with E-state index in [1.165, 1.54) is 0 Å². The SMILES string of the molecule is CC12C(=O)C(C(N)=O)(C3CCNCC3)C(C)(CC1F)C2(C)C. The van der Waals surface area contributed by atoms with Gasteiger partial charge in [0.25, 0.3) is 0 Å². The number of halogens is 1. The van der Waals surface area contributed by atoms with E-state index in [2.05, 4.69) is 5.32 Å². The van der Waals surface area contributed by atoms with E-state index in [9.17, 15) is 14.0 Å². The first-order valence-electron chi connectivity index (χ1n) is 8.28. The van der Waals surface area contributed by atoms with E-state index in [4.69, 9.17) is 5.73 Å². The van der Waals surface area contributed by atoms with Crippen molar-refractivity contribution >= 4 is 11.7 Å². The number of Topliss-reactive ketones (excluding diaryl/α,β-unsaturated/α-hetero) is 1. The molecule has 2 aliphatic carbocycles. The molecule has 2 bridgehead atoms. The Bertz CT molecular complexity index is 543. The average molecular weight is 310 g/mol. The van der Waals surface area contributed by atoms with Gasteiger partial charge in [0.2, 0.25) is 5.91 Å². The maximum Gasteiger partial charge on any atom is 0.232 e. The Morgan fingerprint density at radius 3 is 2.18 bits per heavy atom. The molecule has 5 heteroatoms. The summed E-state index contributed by atoms with van der Waals surface area (Å²) in [6.07, 6.45) is 0.532. The van der Waals surface area contributed by atoms with Gasteiger partial charge in [-0.05, 0) is 56.0 Å². The molecule has 0 radical (unpaired) electrons. The van der Waals surface area contributed by atoms with Crippen LogP contribution < -0.4 is 11.1 Å². The number of piperidine rings is 1. The summed E-state index contributed by atoms with van der Waals surface area (Å²) in [5.41, 5.74) is 2.19. The predicted octanol–water partition coefficient (Wildman–Crippen LogP) is 1.82. The van der Waals surface area contributed by atoms with E-state index >= 15 is 0 Å². The first kappa shape index (κ1) is 15.9. The molecule has 3 fully saturated rings. The quantitative estimate of drug-likeness (QED) is 0.764. The van der Waals surface area contributed by atoms with Crippen LogP contribution in [0, 0.1) is 27.6 Å². The number of carbonyl (C=O) groups excluding carboxylic acids is 2. The van der Waals surface area contributed by atoms with E-state index in [1.54, 1.807) is 6.92 Å². The van der Waals surface area contributed by atoms with Crippen LogP contribution in [0.25, 0.3) is 0 Å². The highest BCUT2D eigenvalue weighted by Crippen LogP contribution is 2.79. The first-order chi connectivity index (χ1) is 10.1. The van der Waals surface area contributed by atoms with Crippen molar-refractivity contribution in [2.75, 3.05) is 13.1 Å². The number of hydrogen-bond donors (Lipinski definition) is 2. The van der Waals surface area contributed by atoms with Gasteiger partial charge in [0.15, 0.2) is 5.78 Å². The lowest BCUT2D eigenvalue weighted by Crippen LogP contribution is -2.61. The van der Waals surface area contributed by atoms with Crippen molar-refractivity contribution in [3.05, 3.63) is 0 Å². The summed E-state index contributed by atoms with van der Waals surface area (Å²) < 4.78 is 14.8. The zero-order valence-electron chi connectivity index (χ0n) is 14.0. The van der Waals surface area contributed by atoms with E-state index in [-0.39, 0.29) is 18.1 Å². The fraction of sp³-hybridized carbons (Fsp3) is 0.882. The number of nitrogens with one attached hydrogen (secondary N) is 1. The lowest BCUT2D eigenvalue weighted by Gasteiger charge is -2.50. The van der Waals surface area contributed by atoms with Gasteiger partial charge in [-0.3, -0.25) is 9.59 Å². The topological polar surface area (TPSA) is 72.2 Å².